The minimum Gasteiger partial charge on any atom is -0.465 e. The molecule has 0 aliphatic heterocycles. The summed E-state index contributed by atoms with van der Waals surface area (Å²) in [4.78, 5) is 24.1. The van der Waals surface area contributed by atoms with Gasteiger partial charge in [-0.25, -0.2) is 4.79 Å². The number of carbonyl (C=O) groups excluding carboxylic acids is 1. The Labute approximate surface area is 194 Å². The number of carbonyl (C=O) groups is 2. The van der Waals surface area contributed by atoms with Crippen molar-refractivity contribution in [2.24, 2.45) is 0 Å². The number of hydrogen-bond acceptors (Lipinski definition) is 3. The van der Waals surface area contributed by atoms with E-state index in [-0.39, 0.29) is 12.2 Å². The Hall–Kier alpha value is -3.61. The number of benzene rings is 3. The molecule has 0 aliphatic rings. The van der Waals surface area contributed by atoms with E-state index in [0.717, 1.165) is 15.9 Å². The van der Waals surface area contributed by atoms with Gasteiger partial charge in [0.1, 0.15) is 11.4 Å². The van der Waals surface area contributed by atoms with E-state index in [4.69, 9.17) is 5.11 Å². The summed E-state index contributed by atoms with van der Waals surface area (Å²) in [7, 11) is 0. The fourth-order valence-electron chi connectivity index (χ4n) is 4.01. The molecular weight excluding hydrogens is 431 g/mol. The third-order valence-corrected chi connectivity index (χ3v) is 9.73. The summed E-state index contributed by atoms with van der Waals surface area (Å²) in [6, 6.07) is 31.9. The van der Waals surface area contributed by atoms with Crippen molar-refractivity contribution in [1.82, 2.24) is 5.32 Å². The number of carboxylic acid groups (broad SMARTS) is 1. The fourth-order valence-corrected chi connectivity index (χ4v) is 8.18. The Balaban J connectivity index is 2.12. The van der Waals surface area contributed by atoms with Crippen molar-refractivity contribution in [3.63, 3.8) is 0 Å². The van der Waals surface area contributed by atoms with Crippen LogP contribution in [0.4, 0.5) is 4.79 Å². The molecule has 0 saturated carbocycles. The van der Waals surface area contributed by atoms with Crippen molar-refractivity contribution >= 4 is 40.0 Å². The van der Waals surface area contributed by atoms with Crippen molar-refractivity contribution in [2.75, 3.05) is 6.54 Å². The van der Waals surface area contributed by atoms with Gasteiger partial charge < -0.3 is 10.4 Å². The molecule has 0 fully saturated rings. The van der Waals surface area contributed by atoms with Crippen LogP contribution in [0.5, 0.6) is 0 Å². The molecule has 0 aromatic heterocycles. The van der Waals surface area contributed by atoms with Crippen LogP contribution in [0.15, 0.2) is 91.0 Å². The summed E-state index contributed by atoms with van der Waals surface area (Å²) in [5.74, 6) is -0.145. The molecule has 0 unspecified atom stereocenters. The van der Waals surface area contributed by atoms with Crippen LogP contribution in [0.1, 0.15) is 25.7 Å². The summed E-state index contributed by atoms with van der Waals surface area (Å²) < 4.78 is 0. The zero-order valence-electron chi connectivity index (χ0n) is 18.4. The first-order valence-electron chi connectivity index (χ1n) is 10.9. The lowest BCUT2D eigenvalue weighted by atomic mass is 10.1. The van der Waals surface area contributed by atoms with E-state index >= 15 is 0 Å². The predicted molar refractivity (Wildman–Crippen MR) is 135 cm³/mol. The Morgan fingerprint density at radius 1 is 0.758 bits per heavy atom. The van der Waals surface area contributed by atoms with Crippen LogP contribution >= 0.6 is 6.89 Å². The van der Waals surface area contributed by atoms with E-state index in [1.807, 2.05) is 91.0 Å². The number of Topliss-reactive ketones (excluding diaryl/α,β-unsaturated/α-hetero) is 1. The lowest BCUT2D eigenvalue weighted by Crippen LogP contribution is -2.33. The molecule has 0 heterocycles. The minimum absolute atomic E-state index is 0.145. The highest BCUT2D eigenvalue weighted by atomic mass is 31.2. The summed E-state index contributed by atoms with van der Waals surface area (Å²) >= 11 is 0. The molecular formula is C27H27N2O3P. The smallest absolute Gasteiger partial charge is 0.404 e. The summed E-state index contributed by atoms with van der Waals surface area (Å²) in [6.07, 6.45) is 1.17. The van der Waals surface area contributed by atoms with Gasteiger partial charge in [-0.3, -0.25) is 4.79 Å². The van der Waals surface area contributed by atoms with Gasteiger partial charge in [0.2, 0.25) is 0 Å². The molecule has 0 bridgehead atoms. The van der Waals surface area contributed by atoms with Crippen molar-refractivity contribution in [3.05, 3.63) is 91.0 Å². The predicted octanol–water partition coefficient (Wildman–Crippen LogP) is 4.07. The number of nitrogens with one attached hydrogen (secondary N) is 1. The van der Waals surface area contributed by atoms with Gasteiger partial charge in [-0.15, -0.1) is 0 Å². The Morgan fingerprint density at radius 3 is 1.61 bits per heavy atom. The van der Waals surface area contributed by atoms with Gasteiger partial charge in [0.25, 0.3) is 0 Å². The standard InChI is InChI=1S/C27H27N2O3P/c28-21-26(25(30)19-11-4-12-20-29-27(31)32)33(22-13-5-1-6-14-22,23-15-7-2-8-16-23)24-17-9-3-10-18-24/h1-3,5-10,13-18,29H,4,11-12,19-20H2,(H,31,32). The number of unbranched alkanes of at least 4 members (excludes halogenated alkanes) is 2. The van der Waals surface area contributed by atoms with E-state index in [9.17, 15) is 14.9 Å². The minimum atomic E-state index is -2.68. The van der Waals surface area contributed by atoms with E-state index in [1.54, 1.807) is 0 Å². The highest BCUT2D eigenvalue weighted by Crippen LogP contribution is 2.46. The molecule has 0 saturated heterocycles. The first-order chi connectivity index (χ1) is 16.1. The third kappa shape index (κ3) is 5.61. The van der Waals surface area contributed by atoms with Crippen molar-refractivity contribution < 1.29 is 14.7 Å². The average Bonchev–Trinajstić information content (AvgIpc) is 2.86. The fraction of sp³-hybridized carbons (Fsp3) is 0.185. The van der Waals surface area contributed by atoms with Crippen LogP contribution in [0, 0.1) is 11.3 Å². The monoisotopic (exact) mass is 458 g/mol. The summed E-state index contributed by atoms with van der Waals surface area (Å²) in [6.45, 7) is -2.32. The first-order valence-corrected chi connectivity index (χ1v) is 12.7. The third-order valence-electron chi connectivity index (χ3n) is 5.49. The van der Waals surface area contributed by atoms with Gasteiger partial charge in [0, 0.05) is 13.0 Å². The number of rotatable bonds is 10. The second-order valence-corrected chi connectivity index (χ2v) is 10.9. The zero-order chi connectivity index (χ0) is 23.5. The van der Waals surface area contributed by atoms with Crippen LogP contribution in [-0.4, -0.2) is 28.8 Å². The van der Waals surface area contributed by atoms with Crippen LogP contribution in [0.3, 0.4) is 0 Å². The molecule has 33 heavy (non-hydrogen) atoms. The SMILES string of the molecule is N#CC(C(=O)CCCCCNC(=O)O)=P(c1ccccc1)(c1ccccc1)c1ccccc1. The normalized spacial score (nSPS) is 10.8. The first kappa shape index (κ1) is 24.0. The lowest BCUT2D eigenvalue weighted by Gasteiger charge is -2.30. The molecule has 3 rings (SSSR count). The van der Waals surface area contributed by atoms with Gasteiger partial charge in [-0.2, -0.15) is 5.26 Å². The highest BCUT2D eigenvalue weighted by molar-refractivity contribution is 7.96. The zero-order valence-corrected chi connectivity index (χ0v) is 19.2. The largest absolute Gasteiger partial charge is 0.465 e. The molecule has 0 atom stereocenters. The van der Waals surface area contributed by atoms with E-state index in [0.29, 0.717) is 31.1 Å². The maximum atomic E-state index is 13.5. The molecule has 2 N–H and O–H groups in total. The van der Waals surface area contributed by atoms with E-state index < -0.39 is 13.0 Å². The van der Waals surface area contributed by atoms with Crippen LogP contribution in [0.2, 0.25) is 0 Å². The number of nitriles is 1. The maximum absolute atomic E-state index is 13.5. The average molecular weight is 458 g/mol. The molecule has 5 nitrogen and oxygen atoms in total. The molecule has 168 valence electrons. The summed E-state index contributed by atoms with van der Waals surface area (Å²) in [5.41, 5.74) is 0. The van der Waals surface area contributed by atoms with Gasteiger partial charge in [-0.05, 0) is 35.6 Å². The molecule has 1 amide bonds. The molecule has 3 aromatic carbocycles. The Morgan fingerprint density at radius 2 is 1.21 bits per heavy atom. The van der Waals surface area contributed by atoms with Crippen molar-refractivity contribution in [2.45, 2.75) is 25.7 Å². The topological polar surface area (TPSA) is 90.2 Å². The molecule has 6 heteroatoms. The Bertz CT molecular complexity index is 1070. The van der Waals surface area contributed by atoms with E-state index in [1.165, 1.54) is 0 Å². The van der Waals surface area contributed by atoms with Crippen molar-refractivity contribution in [1.29, 1.82) is 5.26 Å². The number of ketones is 1. The molecule has 0 radical (unpaired) electrons. The number of nitrogens with zero attached hydrogens (tertiary/aromatic N) is 1. The number of hydrogen-bond donors (Lipinski definition) is 2. The second kappa shape index (κ2) is 11.9. The highest BCUT2D eigenvalue weighted by Gasteiger charge is 2.32. The van der Waals surface area contributed by atoms with E-state index in [2.05, 4.69) is 11.4 Å². The summed E-state index contributed by atoms with van der Waals surface area (Å²) in [5, 5.41) is 24.6. The number of amides is 1. The molecule has 0 spiro atoms. The maximum Gasteiger partial charge on any atom is 0.404 e. The van der Waals surface area contributed by atoms with Crippen LogP contribution < -0.4 is 21.2 Å². The van der Waals surface area contributed by atoms with Gasteiger partial charge in [-0.1, -0.05) is 97.4 Å². The van der Waals surface area contributed by atoms with Crippen LogP contribution in [-0.2, 0) is 4.79 Å². The van der Waals surface area contributed by atoms with Crippen molar-refractivity contribution in [3.8, 4) is 6.07 Å². The van der Waals surface area contributed by atoms with Crippen LogP contribution in [0.25, 0.3) is 0 Å². The lowest BCUT2D eigenvalue weighted by molar-refractivity contribution is -0.112. The molecule has 0 aliphatic carbocycles. The van der Waals surface area contributed by atoms with Gasteiger partial charge in [0.05, 0.1) is 0 Å². The Kier molecular flexibility index (Phi) is 8.63. The molecule has 3 aromatic rings. The van der Waals surface area contributed by atoms with Gasteiger partial charge in [0.15, 0.2) is 5.78 Å². The quantitative estimate of drug-likeness (QED) is 0.354. The van der Waals surface area contributed by atoms with Gasteiger partial charge >= 0.3 is 6.09 Å². The second-order valence-electron chi connectivity index (χ2n) is 7.60.